The number of alkyl halides is 2. The molecule has 0 saturated heterocycles. The second-order valence-corrected chi connectivity index (χ2v) is 7.25. The summed E-state index contributed by atoms with van der Waals surface area (Å²) in [5.74, 6) is 0.302. The molecule has 6 nitrogen and oxygen atoms in total. The summed E-state index contributed by atoms with van der Waals surface area (Å²) in [4.78, 5) is 0. The van der Waals surface area contributed by atoms with E-state index in [2.05, 4.69) is 0 Å². The molecule has 0 bridgehead atoms. The molecule has 0 fully saturated rings. The molecule has 0 spiro atoms. The van der Waals surface area contributed by atoms with Crippen LogP contribution >= 0.6 is 0 Å². The van der Waals surface area contributed by atoms with Gasteiger partial charge in [0.25, 0.3) is 0 Å². The van der Waals surface area contributed by atoms with Gasteiger partial charge in [-0.15, -0.1) is 0 Å². The van der Waals surface area contributed by atoms with E-state index < -0.39 is 24.9 Å². The molecule has 0 heterocycles. The van der Waals surface area contributed by atoms with E-state index in [1.807, 2.05) is 0 Å². The summed E-state index contributed by atoms with van der Waals surface area (Å²) < 4.78 is 41.7. The van der Waals surface area contributed by atoms with E-state index in [0.717, 1.165) is 22.3 Å². The molecule has 4 aromatic carbocycles. The lowest BCUT2D eigenvalue weighted by molar-refractivity contribution is 0.432. The Morgan fingerprint density at radius 3 is 1.09 bits per heavy atom. The highest BCUT2D eigenvalue weighted by atomic mass is 32.1. The van der Waals surface area contributed by atoms with Crippen molar-refractivity contribution >= 4 is 11.6 Å². The van der Waals surface area contributed by atoms with Crippen LogP contribution in [0.2, 0.25) is 0 Å². The Kier molecular flexibility index (Phi) is 10.4. The summed E-state index contributed by atoms with van der Waals surface area (Å²) in [6.45, 7) is -1.39. The number of hydrogen-bond donors (Lipinski definition) is 4. The minimum atomic E-state index is -0.750. The maximum absolute atomic E-state index is 12.5. The fourth-order valence-corrected chi connectivity index (χ4v) is 3.05. The number of phenols is 4. The van der Waals surface area contributed by atoms with Crippen LogP contribution in [0.15, 0.2) is 84.9 Å². The van der Waals surface area contributed by atoms with Gasteiger partial charge >= 0.3 is 11.6 Å². The van der Waals surface area contributed by atoms with E-state index in [9.17, 15) is 19.0 Å². The van der Waals surface area contributed by atoms with Crippen molar-refractivity contribution in [3.8, 4) is 45.3 Å². The van der Waals surface area contributed by atoms with Crippen LogP contribution < -0.4 is 0 Å². The molecular weight excluding hydrogens is 478 g/mol. The normalized spacial score (nSPS) is 9.77. The quantitative estimate of drug-likeness (QED) is 0.282. The number of rotatable bonds is 4. The summed E-state index contributed by atoms with van der Waals surface area (Å²) in [5, 5.41) is 37.0. The molecule has 9 heteroatoms. The molecule has 0 radical (unpaired) electrons. The van der Waals surface area contributed by atoms with Crippen LogP contribution in [0.1, 0.15) is 11.1 Å². The molecule has 4 aromatic rings. The number of halogens is 2. The second kappa shape index (κ2) is 13.5. The van der Waals surface area contributed by atoms with E-state index in [1.54, 1.807) is 72.8 Å². The maximum Gasteiger partial charge on any atom is 0.335 e. The molecular formula is C26H22F2O6S. The molecule has 4 N–H and O–H groups in total. The lowest BCUT2D eigenvalue weighted by Crippen LogP contribution is -1.83. The third-order valence-electron chi connectivity index (χ3n) is 4.85. The Balaban J connectivity index is 0.000000222. The molecule has 0 amide bonds. The van der Waals surface area contributed by atoms with Gasteiger partial charge in [-0.2, -0.15) is 8.42 Å². The van der Waals surface area contributed by atoms with Gasteiger partial charge in [0.2, 0.25) is 0 Å². The van der Waals surface area contributed by atoms with Crippen molar-refractivity contribution in [1.29, 1.82) is 0 Å². The fraction of sp³-hybridized carbons (Fsp3) is 0.0769. The van der Waals surface area contributed by atoms with E-state index in [4.69, 9.17) is 18.6 Å². The van der Waals surface area contributed by atoms with Gasteiger partial charge < -0.3 is 20.4 Å². The monoisotopic (exact) mass is 500 g/mol. The van der Waals surface area contributed by atoms with Crippen LogP contribution in [0.3, 0.4) is 0 Å². The van der Waals surface area contributed by atoms with Gasteiger partial charge in [-0.05, 0) is 70.8 Å². The Morgan fingerprint density at radius 1 is 0.514 bits per heavy atom. The van der Waals surface area contributed by atoms with E-state index in [-0.39, 0.29) is 34.1 Å². The largest absolute Gasteiger partial charge is 0.508 e. The Hall–Kier alpha value is -4.24. The molecule has 0 aliphatic rings. The number of benzene rings is 4. The first kappa shape index (κ1) is 27.0. The van der Waals surface area contributed by atoms with Crippen molar-refractivity contribution < 1.29 is 37.6 Å². The van der Waals surface area contributed by atoms with Gasteiger partial charge in [0.05, 0.1) is 0 Å². The average molecular weight is 501 g/mol. The van der Waals surface area contributed by atoms with Crippen molar-refractivity contribution in [2.24, 2.45) is 0 Å². The molecule has 0 aliphatic heterocycles. The van der Waals surface area contributed by atoms with Gasteiger partial charge in [-0.1, -0.05) is 36.4 Å². The fourth-order valence-electron chi connectivity index (χ4n) is 3.05. The molecule has 0 atom stereocenters. The first-order chi connectivity index (χ1) is 16.8. The third kappa shape index (κ3) is 7.94. The molecule has 4 rings (SSSR count). The van der Waals surface area contributed by atoms with E-state index >= 15 is 0 Å². The molecule has 0 aromatic heterocycles. The van der Waals surface area contributed by atoms with Crippen LogP contribution in [-0.4, -0.2) is 28.8 Å². The van der Waals surface area contributed by atoms with Gasteiger partial charge in [-0.25, -0.2) is 8.78 Å². The Labute approximate surface area is 204 Å². The van der Waals surface area contributed by atoms with Gasteiger partial charge in [-0.3, -0.25) is 0 Å². The van der Waals surface area contributed by atoms with Crippen LogP contribution in [0.25, 0.3) is 22.3 Å². The van der Waals surface area contributed by atoms with Crippen molar-refractivity contribution in [2.45, 2.75) is 13.3 Å². The average Bonchev–Trinajstić information content (AvgIpc) is 2.87. The molecule has 182 valence electrons. The second-order valence-electron chi connectivity index (χ2n) is 7.12. The number of phenolic OH excluding ortho intramolecular Hbond substituents is 4. The Bertz CT molecular complexity index is 1180. The number of aromatic hydroxyl groups is 4. The zero-order valence-electron chi connectivity index (χ0n) is 18.3. The van der Waals surface area contributed by atoms with Crippen LogP contribution in [0, 0.1) is 0 Å². The molecule has 35 heavy (non-hydrogen) atoms. The Morgan fingerprint density at radius 2 is 0.800 bits per heavy atom. The van der Waals surface area contributed by atoms with E-state index in [1.165, 1.54) is 12.1 Å². The van der Waals surface area contributed by atoms with Crippen LogP contribution in [0.4, 0.5) is 8.78 Å². The first-order valence-electron chi connectivity index (χ1n) is 10.1. The van der Waals surface area contributed by atoms with Crippen molar-refractivity contribution in [2.75, 3.05) is 0 Å². The maximum atomic E-state index is 12.5. The smallest absolute Gasteiger partial charge is 0.335 e. The lowest BCUT2D eigenvalue weighted by atomic mass is 10.0. The molecule has 0 unspecified atom stereocenters. The van der Waals surface area contributed by atoms with E-state index in [0.29, 0.717) is 0 Å². The van der Waals surface area contributed by atoms with Crippen molar-refractivity contribution in [3.63, 3.8) is 0 Å². The highest BCUT2D eigenvalue weighted by molar-refractivity contribution is 7.51. The molecule has 0 aliphatic carbocycles. The zero-order chi connectivity index (χ0) is 25.8. The third-order valence-corrected chi connectivity index (χ3v) is 4.85. The van der Waals surface area contributed by atoms with Crippen LogP contribution in [-0.2, 0) is 24.9 Å². The predicted molar refractivity (Wildman–Crippen MR) is 129 cm³/mol. The molecule has 0 saturated carbocycles. The van der Waals surface area contributed by atoms with Crippen LogP contribution in [0.5, 0.6) is 23.0 Å². The minimum absolute atomic E-state index is 0.0370. The lowest BCUT2D eigenvalue weighted by Gasteiger charge is -2.05. The SMILES string of the molecule is O=S=O.Oc1ccc(-c2ccc(O)c(CF)c2)cc1.Oc1ccc(-c2ccc(O)c(CF)c2)cc1. The summed E-state index contributed by atoms with van der Waals surface area (Å²) in [6.07, 6.45) is 0. The first-order valence-corrected chi connectivity index (χ1v) is 10.8. The predicted octanol–water partition coefficient (Wildman–Crippen LogP) is 5.80. The standard InChI is InChI=1S/2C13H11FO2.O2S/c2*14-8-11-7-10(3-6-13(11)16)9-1-4-12(15)5-2-9;1-3-2/h2*1-7,15-16H,8H2;. The van der Waals surface area contributed by atoms with Gasteiger partial charge in [0, 0.05) is 11.1 Å². The minimum Gasteiger partial charge on any atom is -0.508 e. The van der Waals surface area contributed by atoms with Gasteiger partial charge in [0.15, 0.2) is 0 Å². The highest BCUT2D eigenvalue weighted by Crippen LogP contribution is 2.28. The zero-order valence-corrected chi connectivity index (χ0v) is 19.1. The topological polar surface area (TPSA) is 115 Å². The summed E-state index contributed by atoms with van der Waals surface area (Å²) >= 11 is -0.750. The summed E-state index contributed by atoms with van der Waals surface area (Å²) in [6, 6.07) is 22.8. The summed E-state index contributed by atoms with van der Waals surface area (Å²) in [7, 11) is 0. The van der Waals surface area contributed by atoms with Gasteiger partial charge in [0.1, 0.15) is 36.3 Å². The summed E-state index contributed by atoms with van der Waals surface area (Å²) in [5.41, 5.74) is 3.90. The van der Waals surface area contributed by atoms with Crippen molar-refractivity contribution in [3.05, 3.63) is 96.1 Å². The highest BCUT2D eigenvalue weighted by Gasteiger charge is 2.05. The van der Waals surface area contributed by atoms with Crippen molar-refractivity contribution in [1.82, 2.24) is 0 Å². The number of hydrogen-bond acceptors (Lipinski definition) is 6.